The predicted octanol–water partition coefficient (Wildman–Crippen LogP) is 1.42. The second-order valence-electron chi connectivity index (χ2n) is 3.57. The molecule has 0 aliphatic carbocycles. The van der Waals surface area contributed by atoms with Gasteiger partial charge in [0.2, 0.25) is 0 Å². The predicted molar refractivity (Wildman–Crippen MR) is 61.7 cm³/mol. The molecule has 0 rings (SSSR count). The van der Waals surface area contributed by atoms with Gasteiger partial charge in [0.25, 0.3) is 0 Å². The van der Waals surface area contributed by atoms with Crippen LogP contribution in [0.2, 0.25) is 0 Å². The van der Waals surface area contributed by atoms with E-state index < -0.39 is 9.84 Å². The molecule has 0 fully saturated rings. The lowest BCUT2D eigenvalue weighted by Crippen LogP contribution is -2.25. The third-order valence-corrected chi connectivity index (χ3v) is 3.24. The zero-order valence-corrected chi connectivity index (χ0v) is 10.5. The molecule has 0 bridgehead atoms. The minimum atomic E-state index is -2.81. The Labute approximate surface area is 92.1 Å². The first kappa shape index (κ1) is 14.2. The molecule has 0 amide bonds. The van der Waals surface area contributed by atoms with Crippen LogP contribution in [0.15, 0.2) is 0 Å². The van der Waals surface area contributed by atoms with Crippen LogP contribution >= 0.6 is 11.6 Å². The Morgan fingerprint density at radius 1 is 1.43 bits per heavy atom. The fourth-order valence-electron chi connectivity index (χ4n) is 1.13. The molecule has 1 N–H and O–H groups in total. The van der Waals surface area contributed by atoms with Crippen molar-refractivity contribution >= 4 is 21.4 Å². The van der Waals surface area contributed by atoms with Crippen LogP contribution in [0.1, 0.15) is 26.2 Å². The van der Waals surface area contributed by atoms with Crippen LogP contribution in [0.25, 0.3) is 0 Å². The van der Waals surface area contributed by atoms with Gasteiger partial charge in [0, 0.05) is 18.2 Å². The van der Waals surface area contributed by atoms with Crippen LogP contribution in [-0.4, -0.2) is 38.9 Å². The normalized spacial score (nSPS) is 14.2. The van der Waals surface area contributed by atoms with Gasteiger partial charge in [-0.05, 0) is 19.4 Å². The Kier molecular flexibility index (Phi) is 7.59. The van der Waals surface area contributed by atoms with Gasteiger partial charge in [-0.2, -0.15) is 0 Å². The molecule has 0 aliphatic rings. The molecule has 0 spiro atoms. The van der Waals surface area contributed by atoms with Crippen molar-refractivity contribution in [3.8, 4) is 0 Å². The average Bonchev–Trinajstić information content (AvgIpc) is 2.02. The van der Waals surface area contributed by atoms with E-state index in [2.05, 4.69) is 12.2 Å². The molecule has 0 aromatic heterocycles. The van der Waals surface area contributed by atoms with Gasteiger partial charge in [0.15, 0.2) is 0 Å². The maximum Gasteiger partial charge on any atom is 0.147 e. The van der Waals surface area contributed by atoms with Crippen molar-refractivity contribution in [1.29, 1.82) is 0 Å². The van der Waals surface area contributed by atoms with Crippen LogP contribution in [0.5, 0.6) is 0 Å². The van der Waals surface area contributed by atoms with E-state index >= 15 is 0 Å². The maximum atomic E-state index is 10.8. The van der Waals surface area contributed by atoms with Gasteiger partial charge in [-0.25, -0.2) is 8.42 Å². The van der Waals surface area contributed by atoms with Crippen molar-refractivity contribution in [2.75, 3.05) is 25.1 Å². The molecule has 0 aromatic carbocycles. The number of nitrogens with one attached hydrogen (secondary N) is 1. The number of rotatable bonds is 8. The van der Waals surface area contributed by atoms with E-state index in [0.29, 0.717) is 6.42 Å². The fraction of sp³-hybridized carbons (Fsp3) is 1.00. The summed E-state index contributed by atoms with van der Waals surface area (Å²) in [5.74, 6) is 0.251. The lowest BCUT2D eigenvalue weighted by Gasteiger charge is -2.08. The summed E-state index contributed by atoms with van der Waals surface area (Å²) in [4.78, 5) is 0. The van der Waals surface area contributed by atoms with Crippen LogP contribution in [0, 0.1) is 0 Å². The van der Waals surface area contributed by atoms with E-state index in [-0.39, 0.29) is 11.1 Å². The minimum Gasteiger partial charge on any atom is -0.315 e. The number of hydrogen-bond acceptors (Lipinski definition) is 3. The summed E-state index contributed by atoms with van der Waals surface area (Å²) in [5, 5.41) is 3.31. The Balaban J connectivity index is 3.30. The quantitative estimate of drug-likeness (QED) is 0.517. The number of alkyl halides is 1. The number of sulfone groups is 1. The van der Waals surface area contributed by atoms with E-state index in [1.807, 2.05) is 0 Å². The first-order valence-corrected chi connectivity index (χ1v) is 7.48. The van der Waals surface area contributed by atoms with Gasteiger partial charge < -0.3 is 5.32 Å². The van der Waals surface area contributed by atoms with Gasteiger partial charge in [0.05, 0.1) is 5.75 Å². The smallest absolute Gasteiger partial charge is 0.147 e. The van der Waals surface area contributed by atoms with Gasteiger partial charge in [0.1, 0.15) is 9.84 Å². The Morgan fingerprint density at radius 3 is 2.57 bits per heavy atom. The molecule has 0 radical (unpaired) electrons. The first-order chi connectivity index (χ1) is 6.45. The second-order valence-corrected chi connectivity index (χ2v) is 6.45. The van der Waals surface area contributed by atoms with Crippen LogP contribution in [-0.2, 0) is 9.84 Å². The Morgan fingerprint density at radius 2 is 2.07 bits per heavy atom. The largest absolute Gasteiger partial charge is 0.315 e. The van der Waals surface area contributed by atoms with E-state index in [1.165, 1.54) is 6.26 Å². The van der Waals surface area contributed by atoms with Crippen molar-refractivity contribution in [2.24, 2.45) is 0 Å². The molecular formula is C9H20ClNO2S. The molecular weight excluding hydrogens is 222 g/mol. The molecule has 5 heteroatoms. The van der Waals surface area contributed by atoms with E-state index in [9.17, 15) is 8.42 Å². The van der Waals surface area contributed by atoms with Crippen molar-refractivity contribution in [3.63, 3.8) is 0 Å². The zero-order chi connectivity index (χ0) is 11.0. The van der Waals surface area contributed by atoms with E-state index in [4.69, 9.17) is 11.6 Å². The Bertz CT molecular complexity index is 229. The van der Waals surface area contributed by atoms with Gasteiger partial charge >= 0.3 is 0 Å². The van der Waals surface area contributed by atoms with Crippen LogP contribution in [0.4, 0.5) is 0 Å². The van der Waals surface area contributed by atoms with Crippen molar-refractivity contribution in [1.82, 2.24) is 5.32 Å². The van der Waals surface area contributed by atoms with E-state index in [0.717, 1.165) is 25.9 Å². The highest BCUT2D eigenvalue weighted by molar-refractivity contribution is 7.90. The highest BCUT2D eigenvalue weighted by atomic mass is 35.5. The highest BCUT2D eigenvalue weighted by Crippen LogP contribution is 2.02. The molecule has 0 aliphatic heterocycles. The topological polar surface area (TPSA) is 46.2 Å². The fourth-order valence-corrected chi connectivity index (χ4v) is 2.13. The standard InChI is InChI=1S/C9H20ClNO2S/c1-3-5-9(10)8-11-6-4-7-14(2,12)13/h9,11H,3-8H2,1-2H3. The maximum absolute atomic E-state index is 10.8. The Hall–Kier alpha value is 0.200. The minimum absolute atomic E-state index is 0.165. The second kappa shape index (κ2) is 7.49. The first-order valence-electron chi connectivity index (χ1n) is 4.98. The highest BCUT2D eigenvalue weighted by Gasteiger charge is 2.03. The van der Waals surface area contributed by atoms with Gasteiger partial charge in [-0.1, -0.05) is 13.3 Å². The summed E-state index contributed by atoms with van der Waals surface area (Å²) in [5.41, 5.74) is 0. The SMILES string of the molecule is CCCC(Cl)CNCCCS(C)(=O)=O. The third kappa shape index (κ3) is 10.3. The van der Waals surface area contributed by atoms with Crippen LogP contribution in [0.3, 0.4) is 0 Å². The molecule has 1 unspecified atom stereocenters. The van der Waals surface area contributed by atoms with Gasteiger partial charge in [-0.3, -0.25) is 0 Å². The summed E-state index contributed by atoms with van der Waals surface area (Å²) < 4.78 is 21.6. The van der Waals surface area contributed by atoms with Crippen molar-refractivity contribution < 1.29 is 8.42 Å². The molecule has 0 saturated heterocycles. The summed E-state index contributed by atoms with van der Waals surface area (Å²) in [6.45, 7) is 3.58. The molecule has 0 saturated carbocycles. The lowest BCUT2D eigenvalue weighted by molar-refractivity contribution is 0.589. The van der Waals surface area contributed by atoms with Crippen LogP contribution < -0.4 is 5.32 Å². The molecule has 3 nitrogen and oxygen atoms in total. The van der Waals surface area contributed by atoms with Gasteiger partial charge in [-0.15, -0.1) is 11.6 Å². The summed E-state index contributed by atoms with van der Waals surface area (Å²) in [6, 6.07) is 0. The molecule has 1 atom stereocenters. The molecule has 86 valence electrons. The lowest BCUT2D eigenvalue weighted by atomic mass is 10.2. The average molecular weight is 242 g/mol. The number of halogens is 1. The molecule has 0 heterocycles. The summed E-state index contributed by atoms with van der Waals surface area (Å²) in [7, 11) is -2.81. The van der Waals surface area contributed by atoms with E-state index in [1.54, 1.807) is 0 Å². The summed E-state index contributed by atoms with van der Waals surface area (Å²) in [6.07, 6.45) is 4.00. The number of hydrogen-bond donors (Lipinski definition) is 1. The third-order valence-electron chi connectivity index (χ3n) is 1.84. The molecule has 0 aromatic rings. The molecule has 14 heavy (non-hydrogen) atoms. The van der Waals surface area contributed by atoms with Crippen molar-refractivity contribution in [2.45, 2.75) is 31.6 Å². The zero-order valence-electron chi connectivity index (χ0n) is 8.92. The summed E-state index contributed by atoms with van der Waals surface area (Å²) >= 11 is 5.97. The van der Waals surface area contributed by atoms with Crippen molar-refractivity contribution in [3.05, 3.63) is 0 Å². The monoisotopic (exact) mass is 241 g/mol.